The normalized spacial score (nSPS) is 24.9. The Balaban J connectivity index is 1.39. The Morgan fingerprint density at radius 1 is 1.07 bits per heavy atom. The van der Waals surface area contributed by atoms with Crippen LogP contribution in [-0.4, -0.2) is 53.3 Å². The molecule has 3 aliphatic rings. The molecule has 3 atom stereocenters. The van der Waals surface area contributed by atoms with Crippen LogP contribution < -0.4 is 10.6 Å². The molecule has 0 bridgehead atoms. The van der Waals surface area contributed by atoms with Gasteiger partial charge < -0.3 is 10.1 Å². The van der Waals surface area contributed by atoms with Crippen molar-refractivity contribution in [2.45, 2.75) is 70.4 Å². The first-order valence-electron chi connectivity index (χ1n) is 10.7. The summed E-state index contributed by atoms with van der Waals surface area (Å²) in [5.41, 5.74) is 0. The highest BCUT2D eigenvalue weighted by atomic mass is 16.5. The molecule has 2 aliphatic carbocycles. The first-order chi connectivity index (χ1) is 14.4. The Morgan fingerprint density at radius 3 is 2.27 bits per heavy atom. The van der Waals surface area contributed by atoms with E-state index in [1.165, 1.54) is 6.92 Å². The fourth-order valence-corrected chi connectivity index (χ4v) is 4.28. The Kier molecular flexibility index (Phi) is 7.23. The summed E-state index contributed by atoms with van der Waals surface area (Å²) >= 11 is 0. The van der Waals surface area contributed by atoms with Gasteiger partial charge in [-0.05, 0) is 32.6 Å². The number of hydrogen-bond donors (Lipinski definition) is 2. The lowest BCUT2D eigenvalue weighted by Crippen LogP contribution is -2.48. The number of carbonyl (C=O) groups excluding carboxylic acids is 5. The summed E-state index contributed by atoms with van der Waals surface area (Å²) in [6, 6.07) is -0.543. The molecular weight excluding hydrogens is 390 g/mol. The summed E-state index contributed by atoms with van der Waals surface area (Å²) in [6.07, 6.45) is 8.53. The van der Waals surface area contributed by atoms with Crippen LogP contribution in [0.4, 0.5) is 4.79 Å². The summed E-state index contributed by atoms with van der Waals surface area (Å²) in [4.78, 5) is 62.0. The third kappa shape index (κ3) is 5.25. The lowest BCUT2D eigenvalue weighted by Gasteiger charge is -2.23. The van der Waals surface area contributed by atoms with Gasteiger partial charge in [-0.25, -0.2) is 4.79 Å². The molecule has 0 aromatic carbocycles. The number of amides is 5. The highest BCUT2D eigenvalue weighted by Crippen LogP contribution is 2.35. The molecule has 164 valence electrons. The molecule has 0 aromatic rings. The van der Waals surface area contributed by atoms with Gasteiger partial charge in [0.2, 0.25) is 11.8 Å². The van der Waals surface area contributed by atoms with Crippen molar-refractivity contribution in [3.05, 3.63) is 12.2 Å². The van der Waals surface area contributed by atoms with Crippen LogP contribution in [0.3, 0.4) is 0 Å². The number of allylic oxidation sites excluding steroid dienone is 2. The number of rotatable bonds is 6. The van der Waals surface area contributed by atoms with Crippen molar-refractivity contribution in [3.8, 4) is 0 Å². The molecule has 1 aliphatic heterocycles. The van der Waals surface area contributed by atoms with Gasteiger partial charge in [-0.15, -0.1) is 0 Å². The maximum atomic E-state index is 12.4. The molecule has 1 saturated carbocycles. The summed E-state index contributed by atoms with van der Waals surface area (Å²) in [7, 11) is 0. The summed E-state index contributed by atoms with van der Waals surface area (Å²) < 4.78 is 5.06. The molecule has 9 nitrogen and oxygen atoms in total. The molecule has 1 saturated heterocycles. The van der Waals surface area contributed by atoms with E-state index in [4.69, 9.17) is 4.74 Å². The lowest BCUT2D eigenvalue weighted by atomic mass is 9.85. The molecule has 5 amide bonds. The van der Waals surface area contributed by atoms with Crippen LogP contribution >= 0.6 is 0 Å². The number of nitrogens with zero attached hydrogens (tertiary/aromatic N) is 1. The summed E-state index contributed by atoms with van der Waals surface area (Å²) in [5.74, 6) is -2.63. The zero-order chi connectivity index (χ0) is 21.7. The number of nitrogens with one attached hydrogen (secondary N) is 2. The molecule has 3 rings (SSSR count). The van der Waals surface area contributed by atoms with Gasteiger partial charge in [-0.2, -0.15) is 0 Å². The molecule has 0 radical (unpaired) electrons. The minimum atomic E-state index is -1.16. The van der Waals surface area contributed by atoms with E-state index in [1.807, 2.05) is 12.2 Å². The van der Waals surface area contributed by atoms with Gasteiger partial charge in [-0.1, -0.05) is 31.4 Å². The predicted octanol–water partition coefficient (Wildman–Crippen LogP) is 1.42. The minimum absolute atomic E-state index is 0.0545. The van der Waals surface area contributed by atoms with Crippen LogP contribution in [-0.2, 0) is 23.9 Å². The fourth-order valence-electron chi connectivity index (χ4n) is 4.28. The molecule has 9 heteroatoms. The Morgan fingerprint density at radius 2 is 1.67 bits per heavy atom. The third-order valence-electron chi connectivity index (χ3n) is 5.99. The van der Waals surface area contributed by atoms with Crippen LogP contribution in [0.2, 0.25) is 0 Å². The van der Waals surface area contributed by atoms with E-state index < -0.39 is 24.0 Å². The molecule has 0 aromatic heterocycles. The second-order valence-corrected chi connectivity index (χ2v) is 8.16. The molecule has 0 spiro atoms. The van der Waals surface area contributed by atoms with E-state index in [-0.39, 0.29) is 42.7 Å². The van der Waals surface area contributed by atoms with Crippen LogP contribution in [0, 0.1) is 11.8 Å². The van der Waals surface area contributed by atoms with Gasteiger partial charge in [0.1, 0.15) is 0 Å². The van der Waals surface area contributed by atoms with E-state index in [0.717, 1.165) is 37.0 Å². The standard InChI is InChI=1S/C21H29N3O6/c1-13(18(26)23-21(29)22-14-7-3-2-4-8-14)30-17(25)11-12-24-19(27)15-9-5-6-10-16(15)20(24)28/h5-6,13-16H,2-4,7-12H2,1H3,(H2,22,23,26,29)/t13-,15-,16+/m0/s1. The largest absolute Gasteiger partial charge is 0.452 e. The molecule has 1 heterocycles. The number of carbonyl (C=O) groups is 5. The van der Waals surface area contributed by atoms with Crippen molar-refractivity contribution >= 4 is 29.7 Å². The molecule has 2 fully saturated rings. The Bertz CT molecular complexity index is 717. The van der Waals surface area contributed by atoms with Crippen molar-refractivity contribution in [1.82, 2.24) is 15.5 Å². The number of likely N-dealkylation sites (tertiary alicyclic amines) is 1. The Labute approximate surface area is 175 Å². The fraction of sp³-hybridized carbons (Fsp3) is 0.667. The number of urea groups is 1. The zero-order valence-electron chi connectivity index (χ0n) is 17.2. The predicted molar refractivity (Wildman–Crippen MR) is 106 cm³/mol. The van der Waals surface area contributed by atoms with Gasteiger partial charge in [0, 0.05) is 12.6 Å². The summed E-state index contributed by atoms with van der Waals surface area (Å²) in [6.45, 7) is 1.30. The number of ether oxygens (including phenoxy) is 1. The monoisotopic (exact) mass is 419 g/mol. The number of hydrogen-bond acceptors (Lipinski definition) is 6. The van der Waals surface area contributed by atoms with Crippen LogP contribution in [0.15, 0.2) is 12.2 Å². The molecule has 2 N–H and O–H groups in total. The number of imide groups is 2. The van der Waals surface area contributed by atoms with Gasteiger partial charge in [0.15, 0.2) is 6.10 Å². The Hall–Kier alpha value is -2.71. The number of fused-ring (bicyclic) bond motifs is 1. The SMILES string of the molecule is C[C@H](OC(=O)CCN1C(=O)[C@H]2CC=CC[C@H]2C1=O)C(=O)NC(=O)NC1CCCCC1. The first-order valence-corrected chi connectivity index (χ1v) is 10.7. The number of esters is 1. The maximum Gasteiger partial charge on any atom is 0.321 e. The van der Waals surface area contributed by atoms with Crippen molar-refractivity contribution in [3.63, 3.8) is 0 Å². The van der Waals surface area contributed by atoms with Crippen molar-refractivity contribution in [2.75, 3.05) is 6.54 Å². The highest BCUT2D eigenvalue weighted by Gasteiger charge is 2.47. The van der Waals surface area contributed by atoms with Crippen LogP contribution in [0.25, 0.3) is 0 Å². The maximum absolute atomic E-state index is 12.4. The first kappa shape index (κ1) is 22.0. The van der Waals surface area contributed by atoms with E-state index in [0.29, 0.717) is 12.8 Å². The third-order valence-corrected chi connectivity index (χ3v) is 5.99. The van der Waals surface area contributed by atoms with Crippen LogP contribution in [0.1, 0.15) is 58.3 Å². The molecular formula is C21H29N3O6. The van der Waals surface area contributed by atoms with Crippen molar-refractivity contribution in [2.24, 2.45) is 11.8 Å². The topological polar surface area (TPSA) is 122 Å². The van der Waals surface area contributed by atoms with Crippen LogP contribution in [0.5, 0.6) is 0 Å². The van der Waals surface area contributed by atoms with Gasteiger partial charge in [0.05, 0.1) is 18.3 Å². The summed E-state index contributed by atoms with van der Waals surface area (Å²) in [5, 5.41) is 4.94. The minimum Gasteiger partial charge on any atom is -0.452 e. The van der Waals surface area contributed by atoms with E-state index in [1.54, 1.807) is 0 Å². The zero-order valence-corrected chi connectivity index (χ0v) is 17.2. The average molecular weight is 419 g/mol. The second kappa shape index (κ2) is 9.86. The van der Waals surface area contributed by atoms with E-state index in [9.17, 15) is 24.0 Å². The average Bonchev–Trinajstić information content (AvgIpc) is 2.97. The van der Waals surface area contributed by atoms with E-state index in [2.05, 4.69) is 10.6 Å². The van der Waals surface area contributed by atoms with Crippen molar-refractivity contribution < 1.29 is 28.7 Å². The van der Waals surface area contributed by atoms with E-state index >= 15 is 0 Å². The quantitative estimate of drug-likeness (QED) is 0.381. The van der Waals surface area contributed by atoms with Crippen molar-refractivity contribution in [1.29, 1.82) is 0 Å². The van der Waals surface area contributed by atoms with Gasteiger partial charge in [-0.3, -0.25) is 29.4 Å². The molecule has 0 unspecified atom stereocenters. The van der Waals surface area contributed by atoms with Gasteiger partial charge >= 0.3 is 12.0 Å². The van der Waals surface area contributed by atoms with Gasteiger partial charge in [0.25, 0.3) is 5.91 Å². The molecule has 30 heavy (non-hydrogen) atoms. The highest BCUT2D eigenvalue weighted by molar-refractivity contribution is 6.05. The smallest absolute Gasteiger partial charge is 0.321 e. The lowest BCUT2D eigenvalue weighted by molar-refractivity contribution is -0.155. The second-order valence-electron chi connectivity index (χ2n) is 8.16.